The minimum absolute atomic E-state index is 0.266. The van der Waals surface area contributed by atoms with E-state index in [0.717, 1.165) is 28.5 Å². The highest BCUT2D eigenvalue weighted by atomic mass is 15.1. The van der Waals surface area contributed by atoms with Crippen LogP contribution in [0.4, 0.5) is 0 Å². The van der Waals surface area contributed by atoms with Gasteiger partial charge in [0.1, 0.15) is 0 Å². The summed E-state index contributed by atoms with van der Waals surface area (Å²) < 4.78 is 2.36. The van der Waals surface area contributed by atoms with Crippen molar-refractivity contribution in [3.05, 3.63) is 53.5 Å². The predicted molar refractivity (Wildman–Crippen MR) is 121 cm³/mol. The fourth-order valence-electron chi connectivity index (χ4n) is 7.61. The van der Waals surface area contributed by atoms with Crippen LogP contribution in [-0.4, -0.2) is 9.55 Å². The van der Waals surface area contributed by atoms with Crippen molar-refractivity contribution in [2.75, 3.05) is 0 Å². The van der Waals surface area contributed by atoms with Gasteiger partial charge in [-0.25, -0.2) is 4.98 Å². The van der Waals surface area contributed by atoms with E-state index in [4.69, 9.17) is 0 Å². The zero-order chi connectivity index (χ0) is 20.4. The second kappa shape index (κ2) is 6.59. The Bertz CT molecular complexity index is 994. The molecule has 5 rings (SSSR count). The first kappa shape index (κ1) is 19.2. The molecule has 1 aromatic heterocycles. The maximum atomic E-state index is 4.53. The smallest absolute Gasteiger partial charge is 0.0963 e. The van der Waals surface area contributed by atoms with Crippen LogP contribution in [0, 0.1) is 34.5 Å². The molecule has 0 N–H and O–H groups in total. The number of imidazole rings is 1. The van der Waals surface area contributed by atoms with Crippen LogP contribution >= 0.6 is 0 Å². The molecule has 2 saturated carbocycles. The van der Waals surface area contributed by atoms with Gasteiger partial charge in [0.05, 0.1) is 23.1 Å². The van der Waals surface area contributed by atoms with E-state index < -0.39 is 0 Å². The van der Waals surface area contributed by atoms with Gasteiger partial charge in [0.2, 0.25) is 0 Å². The van der Waals surface area contributed by atoms with Crippen molar-refractivity contribution in [1.29, 1.82) is 0 Å². The fourth-order valence-corrected chi connectivity index (χ4v) is 7.61. The summed E-state index contributed by atoms with van der Waals surface area (Å²) in [4.78, 5) is 4.53. The van der Waals surface area contributed by atoms with Crippen molar-refractivity contribution in [2.45, 2.75) is 65.3 Å². The quantitative estimate of drug-likeness (QED) is 0.639. The topological polar surface area (TPSA) is 17.8 Å². The number of hydrogen-bond donors (Lipinski definition) is 0. The summed E-state index contributed by atoms with van der Waals surface area (Å²) in [6.07, 6.45) is 21.7. The molecule has 1 heterocycles. The Hall–Kier alpha value is -1.83. The molecule has 0 bridgehead atoms. The molecule has 4 aliphatic rings. The number of aromatic nitrogens is 2. The second-order valence-corrected chi connectivity index (χ2v) is 10.8. The van der Waals surface area contributed by atoms with E-state index in [1.807, 2.05) is 12.4 Å². The lowest BCUT2D eigenvalue weighted by Crippen LogP contribution is -2.51. The molecule has 0 radical (unpaired) electrons. The highest BCUT2D eigenvalue weighted by Crippen LogP contribution is 2.65. The van der Waals surface area contributed by atoms with E-state index in [9.17, 15) is 0 Å². The Balaban J connectivity index is 1.51. The van der Waals surface area contributed by atoms with Crippen LogP contribution in [0.5, 0.6) is 0 Å². The molecule has 2 fully saturated rings. The summed E-state index contributed by atoms with van der Waals surface area (Å²) >= 11 is 0. The van der Waals surface area contributed by atoms with E-state index in [1.165, 1.54) is 38.5 Å². The molecule has 0 saturated heterocycles. The summed E-state index contributed by atoms with van der Waals surface area (Å²) in [6.45, 7) is 15.6. The minimum atomic E-state index is 0.266. The number of rotatable bonds is 2. The first-order chi connectivity index (χ1) is 13.9. The molecule has 0 amide bonds. The zero-order valence-electron chi connectivity index (χ0n) is 18.4. The molecule has 0 aromatic carbocycles. The van der Waals surface area contributed by atoms with Crippen LogP contribution in [-0.2, 0) is 0 Å². The summed E-state index contributed by atoms with van der Waals surface area (Å²) in [5.41, 5.74) is 2.50. The molecular formula is C27H36N2. The summed E-state index contributed by atoms with van der Waals surface area (Å²) in [5, 5.41) is 1.96. The second-order valence-electron chi connectivity index (χ2n) is 10.8. The SMILES string of the molecule is C=CC=c1c(=C)ncn1C1C=CC2C3CC=C4CC(C)CCC4(C)C3CCC21C. The summed E-state index contributed by atoms with van der Waals surface area (Å²) in [5.74, 6) is 3.16. The van der Waals surface area contributed by atoms with E-state index in [1.54, 1.807) is 5.57 Å². The van der Waals surface area contributed by atoms with Gasteiger partial charge in [-0.2, -0.15) is 0 Å². The molecule has 1 aromatic rings. The van der Waals surface area contributed by atoms with Gasteiger partial charge in [-0.1, -0.05) is 63.8 Å². The molecule has 4 aliphatic carbocycles. The Morgan fingerprint density at radius 2 is 2.03 bits per heavy atom. The van der Waals surface area contributed by atoms with Crippen LogP contribution in [0.25, 0.3) is 12.7 Å². The Morgan fingerprint density at radius 1 is 1.21 bits per heavy atom. The van der Waals surface area contributed by atoms with Gasteiger partial charge < -0.3 is 4.57 Å². The number of nitrogens with zero attached hydrogens (tertiary/aromatic N) is 2. The third kappa shape index (κ3) is 2.64. The average molecular weight is 389 g/mol. The minimum Gasteiger partial charge on any atom is -0.323 e. The molecule has 29 heavy (non-hydrogen) atoms. The van der Waals surface area contributed by atoms with E-state index in [2.05, 4.69) is 67.8 Å². The third-order valence-electron chi connectivity index (χ3n) is 9.31. The van der Waals surface area contributed by atoms with Crippen molar-refractivity contribution in [1.82, 2.24) is 9.55 Å². The highest BCUT2D eigenvalue weighted by Gasteiger charge is 2.57. The molecule has 154 valence electrons. The number of hydrogen-bond acceptors (Lipinski definition) is 1. The van der Waals surface area contributed by atoms with Crippen molar-refractivity contribution < 1.29 is 0 Å². The molecule has 0 aliphatic heterocycles. The van der Waals surface area contributed by atoms with Crippen LogP contribution in [0.2, 0.25) is 0 Å². The fraction of sp³-hybridized carbons (Fsp3) is 0.593. The maximum absolute atomic E-state index is 4.53. The van der Waals surface area contributed by atoms with Gasteiger partial charge in [0, 0.05) is 0 Å². The summed E-state index contributed by atoms with van der Waals surface area (Å²) in [7, 11) is 0. The number of fused-ring (bicyclic) bond motifs is 5. The zero-order valence-corrected chi connectivity index (χ0v) is 18.4. The predicted octanol–water partition coefficient (Wildman–Crippen LogP) is 5.18. The van der Waals surface area contributed by atoms with Gasteiger partial charge in [-0.15, -0.1) is 0 Å². The first-order valence-corrected chi connectivity index (χ1v) is 11.6. The normalized spacial score (nSPS) is 44.0. The highest BCUT2D eigenvalue weighted by molar-refractivity contribution is 5.34. The van der Waals surface area contributed by atoms with Crippen LogP contribution in [0.3, 0.4) is 0 Å². The lowest BCUT2D eigenvalue weighted by atomic mass is 9.47. The Morgan fingerprint density at radius 3 is 2.83 bits per heavy atom. The van der Waals surface area contributed by atoms with Crippen molar-refractivity contribution in [2.24, 2.45) is 34.5 Å². The van der Waals surface area contributed by atoms with Gasteiger partial charge in [0.15, 0.2) is 0 Å². The monoisotopic (exact) mass is 388 g/mol. The first-order valence-electron chi connectivity index (χ1n) is 11.6. The van der Waals surface area contributed by atoms with Gasteiger partial charge >= 0.3 is 0 Å². The largest absolute Gasteiger partial charge is 0.323 e. The Kier molecular flexibility index (Phi) is 4.35. The van der Waals surface area contributed by atoms with Gasteiger partial charge in [0.25, 0.3) is 0 Å². The third-order valence-corrected chi connectivity index (χ3v) is 9.31. The molecule has 0 spiro atoms. The molecule has 2 heteroatoms. The van der Waals surface area contributed by atoms with Gasteiger partial charge in [-0.05, 0) is 79.1 Å². The summed E-state index contributed by atoms with van der Waals surface area (Å²) in [6, 6.07) is 0.368. The van der Waals surface area contributed by atoms with E-state index >= 15 is 0 Å². The maximum Gasteiger partial charge on any atom is 0.0963 e. The van der Waals surface area contributed by atoms with E-state index in [0.29, 0.717) is 17.4 Å². The number of allylic oxidation sites excluding steroid dienone is 5. The molecular weight excluding hydrogens is 352 g/mol. The van der Waals surface area contributed by atoms with Gasteiger partial charge in [-0.3, -0.25) is 0 Å². The van der Waals surface area contributed by atoms with Crippen molar-refractivity contribution >= 4 is 12.7 Å². The van der Waals surface area contributed by atoms with E-state index in [-0.39, 0.29) is 5.41 Å². The molecule has 2 nitrogen and oxygen atoms in total. The van der Waals surface area contributed by atoms with Crippen molar-refractivity contribution in [3.8, 4) is 0 Å². The van der Waals surface area contributed by atoms with Crippen LogP contribution in [0.15, 0.2) is 42.8 Å². The molecule has 7 atom stereocenters. The Labute approximate surface area is 175 Å². The lowest BCUT2D eigenvalue weighted by Gasteiger charge is -2.58. The lowest BCUT2D eigenvalue weighted by molar-refractivity contribution is -0.0313. The van der Waals surface area contributed by atoms with Crippen LogP contribution in [0.1, 0.15) is 65.3 Å². The molecule has 7 unspecified atom stereocenters. The van der Waals surface area contributed by atoms with Crippen molar-refractivity contribution in [3.63, 3.8) is 0 Å². The average Bonchev–Trinajstić information content (AvgIpc) is 3.22. The van der Waals surface area contributed by atoms with Crippen LogP contribution < -0.4 is 10.7 Å². The standard InChI is InChI=1S/C27H36N2/c1-6-7-24-19(3)28-17-29(24)25-11-10-22-21-9-8-20-16-18(2)12-14-26(20,4)23(21)13-15-27(22,25)5/h6-8,10-11,17-18,21-23,25H,1,3,9,12-16H2,2,4-5H3.